The minimum absolute atomic E-state index is 0.0405. The minimum Gasteiger partial charge on any atom is -0.497 e. The van der Waals surface area contributed by atoms with Gasteiger partial charge in [0.25, 0.3) is 0 Å². The Morgan fingerprint density at radius 1 is 0.970 bits per heavy atom. The molecule has 170 valence electrons. The van der Waals surface area contributed by atoms with Crippen LogP contribution in [0.2, 0.25) is 0 Å². The molecule has 1 atom stereocenters. The van der Waals surface area contributed by atoms with Gasteiger partial charge in [-0.25, -0.2) is 4.68 Å². The third-order valence-electron chi connectivity index (χ3n) is 6.01. The fourth-order valence-electron chi connectivity index (χ4n) is 4.27. The average Bonchev–Trinajstić information content (AvgIpc) is 3.55. The number of ether oxygens (including phenoxy) is 1. The van der Waals surface area contributed by atoms with Crippen LogP contribution in [0.4, 0.5) is 0 Å². The maximum atomic E-state index is 5.28. The second kappa shape index (κ2) is 10.2. The Kier molecular flexibility index (Phi) is 6.71. The number of rotatable bonds is 8. The topological polar surface area (TPSA) is 72.2 Å². The van der Waals surface area contributed by atoms with Crippen LogP contribution in [0, 0.1) is 0 Å². The number of benzene rings is 1. The fraction of sp³-hybridized carbons (Fsp3) is 0.333. The predicted molar refractivity (Wildman–Crippen MR) is 127 cm³/mol. The Balaban J connectivity index is 1.33. The summed E-state index contributed by atoms with van der Waals surface area (Å²) in [5.74, 6) is 1.73. The Labute approximate surface area is 197 Å². The molecule has 9 heteroatoms. The molecule has 5 rings (SSSR count). The lowest BCUT2D eigenvalue weighted by atomic mass is 10.1. The van der Waals surface area contributed by atoms with Crippen molar-refractivity contribution in [3.05, 3.63) is 88.1 Å². The molecule has 8 nitrogen and oxygen atoms in total. The Hall–Kier alpha value is -3.14. The van der Waals surface area contributed by atoms with Crippen molar-refractivity contribution >= 4 is 11.3 Å². The summed E-state index contributed by atoms with van der Waals surface area (Å²) in [6.45, 7) is 5.46. The lowest BCUT2D eigenvalue weighted by molar-refractivity contribution is 0.101. The van der Waals surface area contributed by atoms with Gasteiger partial charge < -0.3 is 4.74 Å². The summed E-state index contributed by atoms with van der Waals surface area (Å²) in [6, 6.07) is 16.5. The van der Waals surface area contributed by atoms with Crippen molar-refractivity contribution in [3.63, 3.8) is 0 Å². The van der Waals surface area contributed by atoms with Gasteiger partial charge in [0.2, 0.25) is 0 Å². The molecule has 33 heavy (non-hydrogen) atoms. The van der Waals surface area contributed by atoms with Crippen molar-refractivity contribution < 1.29 is 4.74 Å². The van der Waals surface area contributed by atoms with Crippen molar-refractivity contribution in [1.29, 1.82) is 0 Å². The highest BCUT2D eigenvalue weighted by molar-refractivity contribution is 7.10. The summed E-state index contributed by atoms with van der Waals surface area (Å²) >= 11 is 1.76. The van der Waals surface area contributed by atoms with Crippen LogP contribution in [0.5, 0.6) is 5.75 Å². The number of hydrogen-bond acceptors (Lipinski definition) is 8. The molecule has 0 spiro atoms. The lowest BCUT2D eigenvalue weighted by Crippen LogP contribution is -2.47. The highest BCUT2D eigenvalue weighted by Crippen LogP contribution is 2.31. The van der Waals surface area contributed by atoms with Crippen molar-refractivity contribution in [1.82, 2.24) is 35.0 Å². The zero-order valence-corrected chi connectivity index (χ0v) is 19.4. The molecule has 0 amide bonds. The van der Waals surface area contributed by atoms with E-state index in [-0.39, 0.29) is 6.04 Å². The van der Waals surface area contributed by atoms with E-state index in [9.17, 15) is 0 Å². The molecule has 0 N–H and O–H groups in total. The van der Waals surface area contributed by atoms with E-state index in [2.05, 4.69) is 66.0 Å². The van der Waals surface area contributed by atoms with Gasteiger partial charge >= 0.3 is 0 Å². The number of pyridine rings is 1. The van der Waals surface area contributed by atoms with Crippen LogP contribution in [-0.2, 0) is 13.1 Å². The maximum absolute atomic E-state index is 5.28. The Morgan fingerprint density at radius 2 is 1.82 bits per heavy atom. The van der Waals surface area contributed by atoms with Gasteiger partial charge in [-0.05, 0) is 51.2 Å². The largest absolute Gasteiger partial charge is 0.497 e. The van der Waals surface area contributed by atoms with Gasteiger partial charge in [-0.3, -0.25) is 14.8 Å². The second-order valence-corrected chi connectivity index (χ2v) is 9.11. The molecule has 1 aliphatic rings. The highest BCUT2D eigenvalue weighted by Gasteiger charge is 2.31. The molecule has 1 saturated heterocycles. The summed E-state index contributed by atoms with van der Waals surface area (Å²) in [4.78, 5) is 10.5. The Bertz CT molecular complexity index is 1120. The van der Waals surface area contributed by atoms with Gasteiger partial charge in [-0.2, -0.15) is 0 Å². The van der Waals surface area contributed by atoms with E-state index in [1.54, 1.807) is 18.4 Å². The molecule has 0 aliphatic carbocycles. The minimum atomic E-state index is 0.0405. The van der Waals surface area contributed by atoms with E-state index < -0.39 is 0 Å². The molecule has 1 fully saturated rings. The number of aromatic nitrogens is 5. The molecule has 0 radical (unpaired) electrons. The summed E-state index contributed by atoms with van der Waals surface area (Å²) in [7, 11) is 1.68. The van der Waals surface area contributed by atoms with Crippen molar-refractivity contribution in [2.75, 3.05) is 33.3 Å². The zero-order valence-electron chi connectivity index (χ0n) is 18.6. The SMILES string of the molecule is COc1ccc(Cn2nnnc2[C@@H](c2cccs2)N2CCN(Cc3cccnc3)CC2)cc1. The molecular weight excluding hydrogens is 434 g/mol. The van der Waals surface area contributed by atoms with Crippen LogP contribution in [0.3, 0.4) is 0 Å². The molecule has 1 aliphatic heterocycles. The van der Waals surface area contributed by atoms with E-state index >= 15 is 0 Å². The molecule has 4 heterocycles. The molecule has 0 bridgehead atoms. The summed E-state index contributed by atoms with van der Waals surface area (Å²) in [5.41, 5.74) is 2.39. The zero-order chi connectivity index (χ0) is 22.5. The second-order valence-electron chi connectivity index (χ2n) is 8.13. The van der Waals surface area contributed by atoms with Crippen LogP contribution in [-0.4, -0.2) is 68.3 Å². The number of methoxy groups -OCH3 is 1. The highest BCUT2D eigenvalue weighted by atomic mass is 32.1. The number of nitrogens with zero attached hydrogens (tertiary/aromatic N) is 7. The van der Waals surface area contributed by atoms with Crippen LogP contribution < -0.4 is 4.74 Å². The van der Waals surface area contributed by atoms with Gasteiger partial charge in [-0.1, -0.05) is 24.3 Å². The first-order chi connectivity index (χ1) is 16.3. The number of tetrazole rings is 1. The summed E-state index contributed by atoms with van der Waals surface area (Å²) < 4.78 is 7.21. The van der Waals surface area contributed by atoms with Crippen LogP contribution >= 0.6 is 11.3 Å². The standard InChI is InChI=1S/C24H27N7OS/c1-32-21-8-6-19(7-9-21)18-31-24(26-27-28-31)23(22-5-3-15-33-22)30-13-11-29(12-14-30)17-20-4-2-10-25-16-20/h2-10,15-16,23H,11-14,17-18H2,1H3/t23-/m1/s1. The predicted octanol–water partition coefficient (Wildman–Crippen LogP) is 3.09. The third-order valence-corrected chi connectivity index (χ3v) is 6.93. The van der Waals surface area contributed by atoms with Crippen molar-refractivity contribution in [2.24, 2.45) is 0 Å². The molecule has 3 aromatic heterocycles. The van der Waals surface area contributed by atoms with Crippen LogP contribution in [0.15, 0.2) is 66.3 Å². The number of piperazine rings is 1. The van der Waals surface area contributed by atoms with Crippen molar-refractivity contribution in [3.8, 4) is 5.75 Å². The van der Waals surface area contributed by atoms with Gasteiger partial charge in [0.05, 0.1) is 13.7 Å². The first kappa shape index (κ1) is 21.7. The first-order valence-electron chi connectivity index (χ1n) is 11.1. The van der Waals surface area contributed by atoms with Crippen molar-refractivity contribution in [2.45, 2.75) is 19.1 Å². The average molecular weight is 462 g/mol. The van der Waals surface area contributed by atoms with Gasteiger partial charge in [0.1, 0.15) is 11.8 Å². The molecule has 1 aromatic carbocycles. The molecule has 0 saturated carbocycles. The van der Waals surface area contributed by atoms with E-state index in [4.69, 9.17) is 4.74 Å². The third kappa shape index (κ3) is 5.11. The maximum Gasteiger partial charge on any atom is 0.174 e. The van der Waals surface area contributed by atoms with Gasteiger partial charge in [0.15, 0.2) is 5.82 Å². The molecule has 4 aromatic rings. The quantitative estimate of drug-likeness (QED) is 0.399. The lowest BCUT2D eigenvalue weighted by Gasteiger charge is -2.38. The van der Waals surface area contributed by atoms with E-state index in [0.717, 1.165) is 49.9 Å². The molecule has 0 unspecified atom stereocenters. The summed E-state index contributed by atoms with van der Waals surface area (Å²) in [6.07, 6.45) is 3.78. The monoisotopic (exact) mass is 461 g/mol. The molecular formula is C24H27N7OS. The smallest absolute Gasteiger partial charge is 0.174 e. The van der Waals surface area contributed by atoms with E-state index in [1.165, 1.54) is 10.4 Å². The van der Waals surface area contributed by atoms with Crippen LogP contribution in [0.25, 0.3) is 0 Å². The number of hydrogen-bond donors (Lipinski definition) is 0. The van der Waals surface area contributed by atoms with E-state index in [0.29, 0.717) is 6.54 Å². The van der Waals surface area contributed by atoms with Gasteiger partial charge in [0, 0.05) is 50.0 Å². The van der Waals surface area contributed by atoms with E-state index in [1.807, 2.05) is 35.3 Å². The Morgan fingerprint density at radius 3 is 2.52 bits per heavy atom. The summed E-state index contributed by atoms with van der Waals surface area (Å²) in [5, 5.41) is 15.0. The first-order valence-corrected chi connectivity index (χ1v) is 12.0. The fourth-order valence-corrected chi connectivity index (χ4v) is 5.13. The normalized spacial score (nSPS) is 16.0. The van der Waals surface area contributed by atoms with Gasteiger partial charge in [-0.15, -0.1) is 16.4 Å². The number of thiophene rings is 1. The van der Waals surface area contributed by atoms with Crippen LogP contribution in [0.1, 0.15) is 27.9 Å².